The van der Waals surface area contributed by atoms with Crippen LogP contribution in [0.2, 0.25) is 0 Å². The van der Waals surface area contributed by atoms with Gasteiger partial charge < -0.3 is 10.1 Å². The summed E-state index contributed by atoms with van der Waals surface area (Å²) < 4.78 is 4.54. The maximum atomic E-state index is 10.9. The first kappa shape index (κ1) is 13.4. The number of nitrogens with zero attached hydrogens (tertiary/aromatic N) is 2. The number of carbonyl (C=O) groups is 1. The summed E-state index contributed by atoms with van der Waals surface area (Å²) in [5.74, 6) is 0.429. The van der Waals surface area contributed by atoms with Gasteiger partial charge in [-0.1, -0.05) is 20.8 Å². The van der Waals surface area contributed by atoms with Crippen LogP contribution in [0.1, 0.15) is 32.9 Å². The van der Waals surface area contributed by atoms with Crippen molar-refractivity contribution >= 4 is 11.8 Å². The van der Waals surface area contributed by atoms with E-state index in [0.29, 0.717) is 18.8 Å². The molecule has 5 nitrogen and oxygen atoms in total. The molecule has 0 radical (unpaired) electrons. The molecular weight excluding hydrogens is 218 g/mol. The number of ether oxygens (including phenoxy) is 1. The number of hydrogen-bond donors (Lipinski definition) is 1. The lowest BCUT2D eigenvalue weighted by Gasteiger charge is -2.16. The molecule has 1 aromatic heterocycles. The van der Waals surface area contributed by atoms with Gasteiger partial charge >= 0.3 is 5.97 Å². The highest BCUT2D eigenvalue weighted by molar-refractivity contribution is 5.69. The molecule has 5 heteroatoms. The minimum absolute atomic E-state index is 0.00243. The van der Waals surface area contributed by atoms with Crippen molar-refractivity contribution in [3.63, 3.8) is 0 Å². The summed E-state index contributed by atoms with van der Waals surface area (Å²) in [5, 5.41) is 11.2. The zero-order chi connectivity index (χ0) is 12.9. The van der Waals surface area contributed by atoms with Crippen LogP contribution >= 0.6 is 0 Å². The first-order chi connectivity index (χ1) is 7.93. The number of esters is 1. The molecular formula is C12H19N3O2. The number of hydrogen-bond acceptors (Lipinski definition) is 5. The fourth-order valence-electron chi connectivity index (χ4n) is 1.22. The number of anilines is 1. The van der Waals surface area contributed by atoms with Crippen molar-refractivity contribution in [2.24, 2.45) is 0 Å². The standard InChI is InChI=1S/C12H19N3O2/c1-12(2,3)9-5-6-10(15-14-9)13-8-7-11(16)17-4/h5-6H,7-8H2,1-4H3,(H,13,15). The van der Waals surface area contributed by atoms with Crippen molar-refractivity contribution in [3.8, 4) is 0 Å². The molecule has 0 saturated carbocycles. The third-order valence-electron chi connectivity index (χ3n) is 2.30. The fourth-order valence-corrected chi connectivity index (χ4v) is 1.22. The molecule has 0 saturated heterocycles. The van der Waals surface area contributed by atoms with Gasteiger partial charge in [0.1, 0.15) is 5.82 Å². The second-order valence-corrected chi connectivity index (χ2v) is 4.81. The Morgan fingerprint density at radius 3 is 2.53 bits per heavy atom. The average Bonchev–Trinajstić information content (AvgIpc) is 2.28. The van der Waals surface area contributed by atoms with E-state index in [1.165, 1.54) is 7.11 Å². The van der Waals surface area contributed by atoms with Crippen LogP contribution < -0.4 is 5.32 Å². The summed E-state index contributed by atoms with van der Waals surface area (Å²) in [4.78, 5) is 10.9. The lowest BCUT2D eigenvalue weighted by atomic mass is 9.92. The molecule has 0 aromatic carbocycles. The van der Waals surface area contributed by atoms with Gasteiger partial charge in [0.25, 0.3) is 0 Å². The molecule has 0 aliphatic rings. The van der Waals surface area contributed by atoms with E-state index in [1.807, 2.05) is 12.1 Å². The molecule has 0 aliphatic carbocycles. The lowest BCUT2D eigenvalue weighted by molar-refractivity contribution is -0.140. The molecule has 0 amide bonds. The number of rotatable bonds is 4. The number of aromatic nitrogens is 2. The van der Waals surface area contributed by atoms with Gasteiger partial charge in [-0.3, -0.25) is 4.79 Å². The highest BCUT2D eigenvalue weighted by atomic mass is 16.5. The smallest absolute Gasteiger partial charge is 0.307 e. The van der Waals surface area contributed by atoms with Crippen molar-refractivity contribution in [1.82, 2.24) is 10.2 Å². The molecule has 1 aromatic rings. The molecule has 0 unspecified atom stereocenters. The van der Waals surface area contributed by atoms with E-state index in [4.69, 9.17) is 0 Å². The second-order valence-electron chi connectivity index (χ2n) is 4.81. The van der Waals surface area contributed by atoms with Gasteiger partial charge in [-0.15, -0.1) is 5.10 Å². The van der Waals surface area contributed by atoms with Crippen molar-refractivity contribution in [2.75, 3.05) is 19.0 Å². The maximum Gasteiger partial charge on any atom is 0.307 e. The quantitative estimate of drug-likeness (QED) is 0.808. The Hall–Kier alpha value is -1.65. The topological polar surface area (TPSA) is 64.1 Å². The molecule has 0 spiro atoms. The zero-order valence-corrected chi connectivity index (χ0v) is 10.8. The van der Waals surface area contributed by atoms with Crippen LogP contribution in [0.25, 0.3) is 0 Å². The minimum atomic E-state index is -0.239. The molecule has 1 N–H and O–H groups in total. The van der Waals surface area contributed by atoms with Crippen LogP contribution in [0.5, 0.6) is 0 Å². The largest absolute Gasteiger partial charge is 0.469 e. The van der Waals surface area contributed by atoms with Gasteiger partial charge in [0, 0.05) is 12.0 Å². The maximum absolute atomic E-state index is 10.9. The molecule has 1 rings (SSSR count). The molecule has 17 heavy (non-hydrogen) atoms. The Kier molecular flexibility index (Phi) is 4.43. The van der Waals surface area contributed by atoms with Gasteiger partial charge in [-0.25, -0.2) is 0 Å². The summed E-state index contributed by atoms with van der Waals surface area (Å²) in [5.41, 5.74) is 0.938. The third-order valence-corrected chi connectivity index (χ3v) is 2.30. The van der Waals surface area contributed by atoms with Gasteiger partial charge in [-0.05, 0) is 12.1 Å². The zero-order valence-electron chi connectivity index (χ0n) is 10.8. The Bertz CT molecular complexity index is 368. The Balaban J connectivity index is 2.49. The van der Waals surface area contributed by atoms with Crippen molar-refractivity contribution in [3.05, 3.63) is 17.8 Å². The van der Waals surface area contributed by atoms with E-state index in [-0.39, 0.29) is 11.4 Å². The summed E-state index contributed by atoms with van der Waals surface area (Å²) in [6.07, 6.45) is 0.319. The summed E-state index contributed by atoms with van der Waals surface area (Å²) in [6, 6.07) is 3.80. The van der Waals surface area contributed by atoms with E-state index in [0.717, 1.165) is 5.69 Å². The van der Waals surface area contributed by atoms with Crippen LogP contribution in [0.4, 0.5) is 5.82 Å². The van der Waals surface area contributed by atoms with Crippen LogP contribution in [-0.2, 0) is 14.9 Å². The van der Waals surface area contributed by atoms with E-state index >= 15 is 0 Å². The van der Waals surface area contributed by atoms with Crippen LogP contribution in [-0.4, -0.2) is 29.8 Å². The van der Waals surface area contributed by atoms with E-state index < -0.39 is 0 Å². The first-order valence-electron chi connectivity index (χ1n) is 5.58. The molecule has 0 atom stereocenters. The first-order valence-corrected chi connectivity index (χ1v) is 5.58. The molecule has 0 aliphatic heterocycles. The Labute approximate surface area is 102 Å². The van der Waals surface area contributed by atoms with Crippen LogP contribution in [0.15, 0.2) is 12.1 Å². The fraction of sp³-hybridized carbons (Fsp3) is 0.583. The van der Waals surface area contributed by atoms with E-state index in [2.05, 4.69) is 41.0 Å². The summed E-state index contributed by atoms with van der Waals surface area (Å²) in [7, 11) is 1.38. The van der Waals surface area contributed by atoms with Gasteiger partial charge in [0.15, 0.2) is 0 Å². The lowest BCUT2D eigenvalue weighted by Crippen LogP contribution is -2.15. The normalized spacial score (nSPS) is 11.1. The van der Waals surface area contributed by atoms with Crippen LogP contribution in [0.3, 0.4) is 0 Å². The minimum Gasteiger partial charge on any atom is -0.469 e. The predicted molar refractivity (Wildman–Crippen MR) is 65.9 cm³/mol. The molecule has 0 fully saturated rings. The van der Waals surface area contributed by atoms with Crippen LogP contribution in [0, 0.1) is 0 Å². The Morgan fingerprint density at radius 1 is 1.35 bits per heavy atom. The van der Waals surface area contributed by atoms with E-state index in [9.17, 15) is 4.79 Å². The summed E-state index contributed by atoms with van der Waals surface area (Å²) >= 11 is 0. The molecule has 0 bridgehead atoms. The van der Waals surface area contributed by atoms with Crippen molar-refractivity contribution in [2.45, 2.75) is 32.6 Å². The van der Waals surface area contributed by atoms with Gasteiger partial charge in [0.2, 0.25) is 0 Å². The SMILES string of the molecule is COC(=O)CCNc1ccc(C(C)(C)C)nn1. The number of carbonyl (C=O) groups excluding carboxylic acids is 1. The second kappa shape index (κ2) is 5.61. The highest BCUT2D eigenvalue weighted by Crippen LogP contribution is 2.19. The van der Waals surface area contributed by atoms with E-state index in [1.54, 1.807) is 0 Å². The third kappa shape index (κ3) is 4.38. The van der Waals surface area contributed by atoms with Gasteiger partial charge in [-0.2, -0.15) is 5.10 Å². The van der Waals surface area contributed by atoms with Gasteiger partial charge in [0.05, 0.1) is 19.2 Å². The highest BCUT2D eigenvalue weighted by Gasteiger charge is 2.15. The predicted octanol–water partition coefficient (Wildman–Crippen LogP) is 1.75. The van der Waals surface area contributed by atoms with Crippen molar-refractivity contribution < 1.29 is 9.53 Å². The average molecular weight is 237 g/mol. The molecule has 94 valence electrons. The van der Waals surface area contributed by atoms with Crippen molar-refractivity contribution in [1.29, 1.82) is 0 Å². The monoisotopic (exact) mass is 237 g/mol. The summed E-state index contributed by atoms with van der Waals surface area (Å²) in [6.45, 7) is 6.75. The molecule has 1 heterocycles. The number of methoxy groups -OCH3 is 1. The Morgan fingerprint density at radius 2 is 2.06 bits per heavy atom. The number of nitrogens with one attached hydrogen (secondary N) is 1.